The maximum Gasteiger partial charge on any atom is 0.306 e. The summed E-state index contributed by atoms with van der Waals surface area (Å²) in [7, 11) is -2.44. The molecule has 1 rings (SSSR count). The Morgan fingerprint density at radius 3 is 2.63 bits per heavy atom. The number of anilines is 2. The maximum atomic E-state index is 11.8. The Labute approximate surface area is 120 Å². The van der Waals surface area contributed by atoms with Crippen molar-refractivity contribution in [2.45, 2.75) is 13.3 Å². The number of methoxy groups -OCH3 is 1. The minimum absolute atomic E-state index is 0.207. The van der Waals surface area contributed by atoms with E-state index in [9.17, 15) is 13.2 Å². The average Bonchev–Trinajstić information content (AvgIpc) is 2.31. The molecule has 1 aromatic rings. The summed E-state index contributed by atoms with van der Waals surface area (Å²) in [6.45, 7) is 1.74. The summed E-state index contributed by atoms with van der Waals surface area (Å²) in [5, 5.41) is 0. The topological polar surface area (TPSA) is 98.5 Å². The number of halogens is 1. The van der Waals surface area contributed by atoms with Crippen LogP contribution in [-0.2, 0) is 19.6 Å². The largest absolute Gasteiger partial charge is 0.469 e. The SMILES string of the molecule is COC(=O)CCS(=O)(=O)Nc1c(C)cc(Br)cc1N. The predicted octanol–water partition coefficient (Wildman–Crippen LogP) is 1.64. The van der Waals surface area contributed by atoms with Crippen molar-refractivity contribution in [3.8, 4) is 0 Å². The Bertz CT molecular complexity index is 563. The van der Waals surface area contributed by atoms with Crippen LogP contribution in [0.4, 0.5) is 11.4 Å². The van der Waals surface area contributed by atoms with Gasteiger partial charge < -0.3 is 10.5 Å². The van der Waals surface area contributed by atoms with Gasteiger partial charge in [-0.3, -0.25) is 9.52 Å². The molecule has 0 atom stereocenters. The summed E-state index contributed by atoms with van der Waals surface area (Å²) < 4.78 is 31.2. The van der Waals surface area contributed by atoms with Gasteiger partial charge in [0, 0.05) is 4.47 Å². The number of rotatable bonds is 5. The van der Waals surface area contributed by atoms with Crippen molar-refractivity contribution < 1.29 is 17.9 Å². The van der Waals surface area contributed by atoms with E-state index in [1.807, 2.05) is 0 Å². The Balaban J connectivity index is 2.87. The van der Waals surface area contributed by atoms with Crippen LogP contribution in [0, 0.1) is 6.92 Å². The van der Waals surface area contributed by atoms with Crippen LogP contribution in [0.5, 0.6) is 0 Å². The highest BCUT2D eigenvalue weighted by Crippen LogP contribution is 2.28. The lowest BCUT2D eigenvalue weighted by Gasteiger charge is -2.13. The standard InChI is InChI=1S/C11H15BrN2O4S/c1-7-5-8(12)6-9(13)11(7)14-19(16,17)4-3-10(15)18-2/h5-6,14H,3-4,13H2,1-2H3. The van der Waals surface area contributed by atoms with Crippen LogP contribution >= 0.6 is 15.9 Å². The molecule has 106 valence electrons. The quantitative estimate of drug-likeness (QED) is 0.621. The van der Waals surface area contributed by atoms with Crippen LogP contribution in [0.25, 0.3) is 0 Å². The third kappa shape index (κ3) is 4.71. The molecule has 3 N–H and O–H groups in total. The van der Waals surface area contributed by atoms with E-state index < -0.39 is 16.0 Å². The first-order valence-electron chi connectivity index (χ1n) is 5.38. The molecule has 0 radical (unpaired) electrons. The van der Waals surface area contributed by atoms with Crippen molar-refractivity contribution in [2.24, 2.45) is 0 Å². The van der Waals surface area contributed by atoms with Crippen molar-refractivity contribution in [1.29, 1.82) is 0 Å². The first-order valence-corrected chi connectivity index (χ1v) is 7.82. The first kappa shape index (κ1) is 15.8. The highest BCUT2D eigenvalue weighted by atomic mass is 79.9. The molecule has 0 fully saturated rings. The zero-order valence-corrected chi connectivity index (χ0v) is 13.0. The smallest absolute Gasteiger partial charge is 0.306 e. The number of nitrogen functional groups attached to an aromatic ring is 1. The first-order chi connectivity index (χ1) is 8.75. The van der Waals surface area contributed by atoms with Crippen LogP contribution in [0.2, 0.25) is 0 Å². The molecule has 0 aliphatic heterocycles. The van der Waals surface area contributed by atoms with Gasteiger partial charge in [0.15, 0.2) is 0 Å². The van der Waals surface area contributed by atoms with Crippen molar-refractivity contribution in [1.82, 2.24) is 0 Å². The Hall–Kier alpha value is -1.28. The van der Waals surface area contributed by atoms with E-state index in [0.717, 1.165) is 4.47 Å². The number of ether oxygens (including phenoxy) is 1. The van der Waals surface area contributed by atoms with Crippen molar-refractivity contribution in [3.05, 3.63) is 22.2 Å². The Morgan fingerprint density at radius 1 is 1.47 bits per heavy atom. The molecule has 0 amide bonds. The molecule has 0 saturated carbocycles. The molecule has 0 aliphatic carbocycles. The molecule has 0 saturated heterocycles. The van der Waals surface area contributed by atoms with E-state index in [-0.39, 0.29) is 12.2 Å². The molecule has 0 heterocycles. The van der Waals surface area contributed by atoms with Crippen molar-refractivity contribution in [2.75, 3.05) is 23.3 Å². The number of hydrogen-bond donors (Lipinski definition) is 2. The second kappa shape index (κ2) is 6.25. The van der Waals surface area contributed by atoms with E-state index in [0.29, 0.717) is 16.9 Å². The zero-order valence-electron chi connectivity index (χ0n) is 10.6. The fraction of sp³-hybridized carbons (Fsp3) is 0.364. The highest BCUT2D eigenvalue weighted by Gasteiger charge is 2.16. The number of nitrogens with two attached hydrogens (primary N) is 1. The fourth-order valence-electron chi connectivity index (χ4n) is 1.43. The van der Waals surface area contributed by atoms with Gasteiger partial charge in [-0.15, -0.1) is 0 Å². The van der Waals surface area contributed by atoms with E-state index in [2.05, 4.69) is 25.4 Å². The van der Waals surface area contributed by atoms with E-state index in [1.165, 1.54) is 7.11 Å². The molecular weight excluding hydrogens is 336 g/mol. The number of nitrogens with one attached hydrogen (secondary N) is 1. The lowest BCUT2D eigenvalue weighted by atomic mass is 10.2. The zero-order chi connectivity index (χ0) is 14.6. The summed E-state index contributed by atoms with van der Waals surface area (Å²) in [4.78, 5) is 10.9. The highest BCUT2D eigenvalue weighted by molar-refractivity contribution is 9.10. The lowest BCUT2D eigenvalue weighted by molar-refractivity contribution is -0.140. The molecule has 8 heteroatoms. The molecule has 0 spiro atoms. The third-order valence-corrected chi connectivity index (χ3v) is 4.11. The Morgan fingerprint density at radius 2 is 2.11 bits per heavy atom. The second-order valence-corrected chi connectivity index (χ2v) is 6.69. The minimum Gasteiger partial charge on any atom is -0.469 e. The van der Waals surface area contributed by atoms with E-state index >= 15 is 0 Å². The third-order valence-electron chi connectivity index (χ3n) is 2.39. The maximum absolute atomic E-state index is 11.8. The number of esters is 1. The van der Waals surface area contributed by atoms with Gasteiger partial charge in [0.25, 0.3) is 0 Å². The second-order valence-electron chi connectivity index (χ2n) is 3.93. The summed E-state index contributed by atoms with van der Waals surface area (Å²) in [5.74, 6) is -0.930. The molecule has 1 aromatic carbocycles. The minimum atomic E-state index is -3.64. The molecule has 6 nitrogen and oxygen atoms in total. The van der Waals surface area contributed by atoms with Gasteiger partial charge in [0.2, 0.25) is 10.0 Å². The molecule has 0 aliphatic rings. The average molecular weight is 351 g/mol. The van der Waals surface area contributed by atoms with Crippen LogP contribution in [0.3, 0.4) is 0 Å². The van der Waals surface area contributed by atoms with E-state index in [1.54, 1.807) is 19.1 Å². The number of hydrogen-bond acceptors (Lipinski definition) is 5. The molecule has 0 aromatic heterocycles. The number of carbonyl (C=O) groups is 1. The van der Waals surface area contributed by atoms with Gasteiger partial charge >= 0.3 is 5.97 Å². The summed E-state index contributed by atoms with van der Waals surface area (Å²) in [6, 6.07) is 3.35. The monoisotopic (exact) mass is 350 g/mol. The van der Waals surface area contributed by atoms with Gasteiger partial charge in [0.1, 0.15) is 0 Å². The number of benzene rings is 1. The van der Waals surface area contributed by atoms with Crippen molar-refractivity contribution >= 4 is 43.3 Å². The van der Waals surface area contributed by atoms with Gasteiger partial charge in [-0.05, 0) is 24.6 Å². The molecule has 0 unspecified atom stereocenters. The van der Waals surface area contributed by atoms with Crippen LogP contribution in [0.1, 0.15) is 12.0 Å². The Kier molecular flexibility index (Phi) is 5.19. The fourth-order valence-corrected chi connectivity index (χ4v) is 3.15. The lowest BCUT2D eigenvalue weighted by Crippen LogP contribution is -2.20. The van der Waals surface area contributed by atoms with Gasteiger partial charge in [-0.25, -0.2) is 8.42 Å². The number of aryl methyl sites for hydroxylation is 1. The molecule has 19 heavy (non-hydrogen) atoms. The normalized spacial score (nSPS) is 11.1. The number of carbonyl (C=O) groups excluding carboxylic acids is 1. The van der Waals surface area contributed by atoms with Crippen LogP contribution in [-0.4, -0.2) is 27.2 Å². The summed E-state index contributed by atoms with van der Waals surface area (Å²) in [5.41, 5.74) is 7.09. The van der Waals surface area contributed by atoms with Crippen LogP contribution in [0.15, 0.2) is 16.6 Å². The summed E-state index contributed by atoms with van der Waals surface area (Å²) >= 11 is 3.27. The molecular formula is C11H15BrN2O4S. The van der Waals surface area contributed by atoms with Gasteiger partial charge in [-0.1, -0.05) is 15.9 Å². The van der Waals surface area contributed by atoms with E-state index in [4.69, 9.17) is 5.73 Å². The van der Waals surface area contributed by atoms with Gasteiger partial charge in [0.05, 0.1) is 30.7 Å². The van der Waals surface area contributed by atoms with Crippen molar-refractivity contribution in [3.63, 3.8) is 0 Å². The number of sulfonamides is 1. The van der Waals surface area contributed by atoms with Crippen LogP contribution < -0.4 is 10.5 Å². The molecule has 0 bridgehead atoms. The predicted molar refractivity (Wildman–Crippen MR) is 77.3 cm³/mol. The van der Waals surface area contributed by atoms with Gasteiger partial charge in [-0.2, -0.15) is 0 Å². The summed E-state index contributed by atoms with van der Waals surface area (Å²) in [6.07, 6.45) is -0.207.